The molecule has 194 valence electrons. The summed E-state index contributed by atoms with van der Waals surface area (Å²) in [5, 5.41) is 10.1. The fourth-order valence-corrected chi connectivity index (χ4v) is 6.69. The van der Waals surface area contributed by atoms with E-state index in [1.807, 2.05) is 6.07 Å². The Morgan fingerprint density at radius 2 is 1.74 bits per heavy atom. The zero-order chi connectivity index (χ0) is 27.0. The lowest BCUT2D eigenvalue weighted by Gasteiger charge is -2.38. The van der Waals surface area contributed by atoms with Gasteiger partial charge in [0.15, 0.2) is 17.3 Å². The maximum absolute atomic E-state index is 14.4. The van der Waals surface area contributed by atoms with Crippen molar-refractivity contribution in [3.63, 3.8) is 0 Å². The molecule has 0 saturated heterocycles. The Morgan fingerprint density at radius 1 is 0.974 bits per heavy atom. The van der Waals surface area contributed by atoms with Gasteiger partial charge in [0.25, 0.3) is 10.0 Å². The number of anilines is 1. The van der Waals surface area contributed by atoms with Crippen molar-refractivity contribution in [1.82, 2.24) is 0 Å². The Balaban J connectivity index is 1.74. The molecule has 5 rings (SSSR count). The minimum atomic E-state index is -4.22. The number of nitrogens with zero attached hydrogens (tertiary/aromatic N) is 2. The van der Waals surface area contributed by atoms with Crippen LogP contribution < -0.4 is 24.2 Å². The number of hydrogen-bond acceptors (Lipinski definition) is 8. The van der Waals surface area contributed by atoms with E-state index in [-0.39, 0.29) is 28.7 Å². The summed E-state index contributed by atoms with van der Waals surface area (Å²) in [4.78, 5) is -0.0722. The van der Waals surface area contributed by atoms with Crippen LogP contribution in [0.25, 0.3) is 5.76 Å². The first-order valence-corrected chi connectivity index (χ1v) is 13.1. The van der Waals surface area contributed by atoms with E-state index in [4.69, 9.17) is 24.7 Å². The molecule has 0 aliphatic carbocycles. The second kappa shape index (κ2) is 9.68. The monoisotopic (exact) mass is 531 g/mol. The molecule has 0 amide bonds. The van der Waals surface area contributed by atoms with E-state index in [1.54, 1.807) is 67.8 Å². The van der Waals surface area contributed by atoms with Crippen LogP contribution in [0.15, 0.2) is 83.1 Å². The van der Waals surface area contributed by atoms with Gasteiger partial charge in [0.1, 0.15) is 22.3 Å². The van der Waals surface area contributed by atoms with E-state index in [9.17, 15) is 13.7 Å². The minimum Gasteiger partial charge on any atom is -0.497 e. The van der Waals surface area contributed by atoms with Gasteiger partial charge >= 0.3 is 0 Å². The van der Waals surface area contributed by atoms with E-state index < -0.39 is 15.9 Å². The zero-order valence-corrected chi connectivity index (χ0v) is 21.8. The largest absolute Gasteiger partial charge is 0.497 e. The third-order valence-corrected chi connectivity index (χ3v) is 8.44. The number of methoxy groups -OCH3 is 3. The summed E-state index contributed by atoms with van der Waals surface area (Å²) in [5.41, 5.74) is 8.39. The molecule has 9 nitrogen and oxygen atoms in total. The Morgan fingerprint density at radius 3 is 2.45 bits per heavy atom. The molecule has 2 aliphatic heterocycles. The van der Waals surface area contributed by atoms with E-state index >= 15 is 0 Å². The molecule has 38 heavy (non-hydrogen) atoms. The molecule has 0 bridgehead atoms. The van der Waals surface area contributed by atoms with Crippen LogP contribution in [0.3, 0.4) is 0 Å². The van der Waals surface area contributed by atoms with Crippen molar-refractivity contribution in [3.05, 3.63) is 99.8 Å². The van der Waals surface area contributed by atoms with Crippen molar-refractivity contribution in [2.75, 3.05) is 25.6 Å². The van der Waals surface area contributed by atoms with Crippen LogP contribution in [0.5, 0.6) is 17.2 Å². The number of nitrogens with two attached hydrogens (primary N) is 1. The van der Waals surface area contributed by atoms with E-state index in [2.05, 4.69) is 6.07 Å². The second-order valence-corrected chi connectivity index (χ2v) is 10.4. The first-order chi connectivity index (χ1) is 18.3. The van der Waals surface area contributed by atoms with Gasteiger partial charge in [0, 0.05) is 5.56 Å². The maximum atomic E-state index is 14.4. The van der Waals surface area contributed by atoms with Crippen LogP contribution in [-0.4, -0.2) is 29.7 Å². The summed E-state index contributed by atoms with van der Waals surface area (Å²) in [6.07, 6.45) is 0. The molecule has 0 saturated carbocycles. The molecule has 0 unspecified atom stereocenters. The summed E-state index contributed by atoms with van der Waals surface area (Å²) in [7, 11) is 0.317. The number of nitriles is 1. The predicted molar refractivity (Wildman–Crippen MR) is 142 cm³/mol. The summed E-state index contributed by atoms with van der Waals surface area (Å²) >= 11 is 0. The van der Waals surface area contributed by atoms with Crippen LogP contribution in [0.2, 0.25) is 0 Å². The SMILES string of the molecule is COc1cccc(CN2c3ccccc3C3=C([C@H](c4ccc(OC)c(OC)c4)C(C#N)=C(N)O3)S2(=O)=O)c1. The van der Waals surface area contributed by atoms with Crippen molar-refractivity contribution < 1.29 is 27.4 Å². The molecule has 0 spiro atoms. The van der Waals surface area contributed by atoms with Gasteiger partial charge in [-0.25, -0.2) is 8.42 Å². The standard InChI is InChI=1S/C28H25N3O6S/c1-34-19-8-6-7-17(13-19)16-31-22-10-5-4-9-20(22)26-27(38(31,32)33)25(21(15-29)28(30)37-26)18-11-12-23(35-2)24(14-18)36-3/h4-14,25H,16,30H2,1-3H3/t25-/m1/s1. The number of benzene rings is 3. The van der Waals surface area contributed by atoms with Gasteiger partial charge in [-0.05, 0) is 47.5 Å². The molecule has 2 heterocycles. The fraction of sp³-hybridized carbons (Fsp3) is 0.179. The highest BCUT2D eigenvalue weighted by Crippen LogP contribution is 2.52. The van der Waals surface area contributed by atoms with Crippen LogP contribution in [0, 0.1) is 11.3 Å². The van der Waals surface area contributed by atoms with Gasteiger partial charge in [0.05, 0.1) is 39.5 Å². The Labute approximate surface area is 221 Å². The highest BCUT2D eigenvalue weighted by molar-refractivity contribution is 7.96. The topological polar surface area (TPSA) is 124 Å². The van der Waals surface area contributed by atoms with Crippen LogP contribution >= 0.6 is 0 Å². The molecule has 10 heteroatoms. The quantitative estimate of drug-likeness (QED) is 0.501. The lowest BCUT2D eigenvalue weighted by Crippen LogP contribution is -2.39. The first kappa shape index (κ1) is 25.0. The lowest BCUT2D eigenvalue weighted by atomic mass is 9.88. The molecular formula is C28H25N3O6S. The summed E-state index contributed by atoms with van der Waals surface area (Å²) in [6.45, 7) is 0.0348. The number of rotatable bonds is 6. The summed E-state index contributed by atoms with van der Waals surface area (Å²) in [5.74, 6) is 0.364. The molecule has 3 aromatic carbocycles. The van der Waals surface area contributed by atoms with Gasteiger partial charge in [-0.2, -0.15) is 5.26 Å². The predicted octanol–water partition coefficient (Wildman–Crippen LogP) is 4.24. The molecule has 0 fully saturated rings. The normalized spacial score (nSPS) is 17.6. The van der Waals surface area contributed by atoms with Gasteiger partial charge in [-0.15, -0.1) is 0 Å². The van der Waals surface area contributed by atoms with Crippen LogP contribution in [-0.2, 0) is 21.3 Å². The molecular weight excluding hydrogens is 506 g/mol. The Kier molecular flexibility index (Phi) is 6.38. The van der Waals surface area contributed by atoms with Gasteiger partial charge in [-0.1, -0.05) is 30.3 Å². The Bertz CT molecular complexity index is 1640. The van der Waals surface area contributed by atoms with Crippen molar-refractivity contribution in [1.29, 1.82) is 5.26 Å². The summed E-state index contributed by atoms with van der Waals surface area (Å²) in [6, 6.07) is 21.3. The third kappa shape index (κ3) is 3.97. The first-order valence-electron chi connectivity index (χ1n) is 11.6. The molecule has 3 aromatic rings. The number of allylic oxidation sites excluding steroid dienone is 2. The highest BCUT2D eigenvalue weighted by atomic mass is 32.2. The van der Waals surface area contributed by atoms with E-state index in [0.29, 0.717) is 34.1 Å². The number of fused-ring (bicyclic) bond motifs is 2. The van der Waals surface area contributed by atoms with Crippen molar-refractivity contribution >= 4 is 21.5 Å². The zero-order valence-electron chi connectivity index (χ0n) is 21.0. The number of para-hydroxylation sites is 1. The van der Waals surface area contributed by atoms with Crippen molar-refractivity contribution in [3.8, 4) is 23.3 Å². The molecule has 2 aliphatic rings. The second-order valence-electron chi connectivity index (χ2n) is 8.61. The number of sulfonamides is 1. The van der Waals surface area contributed by atoms with Crippen LogP contribution in [0.1, 0.15) is 22.6 Å². The van der Waals surface area contributed by atoms with Crippen molar-refractivity contribution in [2.24, 2.45) is 5.73 Å². The van der Waals surface area contributed by atoms with Gasteiger partial charge < -0.3 is 24.7 Å². The van der Waals surface area contributed by atoms with E-state index in [0.717, 1.165) is 5.56 Å². The highest BCUT2D eigenvalue weighted by Gasteiger charge is 2.47. The lowest BCUT2D eigenvalue weighted by molar-refractivity contribution is 0.352. The smallest absolute Gasteiger partial charge is 0.265 e. The van der Waals surface area contributed by atoms with E-state index in [1.165, 1.54) is 18.5 Å². The maximum Gasteiger partial charge on any atom is 0.265 e. The molecule has 0 aromatic heterocycles. The van der Waals surface area contributed by atoms with Crippen LogP contribution in [0.4, 0.5) is 5.69 Å². The summed E-state index contributed by atoms with van der Waals surface area (Å²) < 4.78 is 52.2. The van der Waals surface area contributed by atoms with Crippen molar-refractivity contribution in [2.45, 2.75) is 12.5 Å². The molecule has 1 atom stereocenters. The average molecular weight is 532 g/mol. The number of ether oxygens (including phenoxy) is 4. The molecule has 2 N–H and O–H groups in total. The Hall–Kier alpha value is -4.62. The van der Waals surface area contributed by atoms with Gasteiger partial charge in [-0.3, -0.25) is 4.31 Å². The average Bonchev–Trinajstić information content (AvgIpc) is 2.94. The number of hydrogen-bond donors (Lipinski definition) is 1. The van der Waals surface area contributed by atoms with Gasteiger partial charge in [0.2, 0.25) is 5.88 Å². The fourth-order valence-electron chi connectivity index (χ4n) is 4.78. The molecule has 0 radical (unpaired) electrons. The third-order valence-electron chi connectivity index (χ3n) is 6.56. The minimum absolute atomic E-state index is 0.0137.